The first-order valence-electron chi connectivity index (χ1n) is 6.84. The second kappa shape index (κ2) is 5.10. The number of likely N-dealkylation sites (tertiary alicyclic amines) is 1. The number of nitrogens with zero attached hydrogens (tertiary/aromatic N) is 4. The van der Waals surface area contributed by atoms with Crippen molar-refractivity contribution < 1.29 is 9.59 Å². The molecule has 2 unspecified atom stereocenters. The van der Waals surface area contributed by atoms with Gasteiger partial charge in [0.1, 0.15) is 12.9 Å². The van der Waals surface area contributed by atoms with Crippen molar-refractivity contribution in [3.05, 3.63) is 6.33 Å². The Kier molecular flexibility index (Phi) is 3.29. The van der Waals surface area contributed by atoms with E-state index in [0.29, 0.717) is 25.4 Å². The van der Waals surface area contributed by atoms with Gasteiger partial charge in [-0.2, -0.15) is 0 Å². The van der Waals surface area contributed by atoms with Gasteiger partial charge >= 0.3 is 0 Å². The van der Waals surface area contributed by atoms with Crippen LogP contribution in [0.5, 0.6) is 0 Å². The molecule has 8 nitrogen and oxygen atoms in total. The zero-order valence-corrected chi connectivity index (χ0v) is 11.2. The number of nitrogens with two attached hydrogens (primary N) is 1. The molecule has 3 rings (SSSR count). The highest BCUT2D eigenvalue weighted by molar-refractivity contribution is 5.78. The molecule has 2 aliphatic heterocycles. The summed E-state index contributed by atoms with van der Waals surface area (Å²) in [6.07, 6.45) is 3.70. The van der Waals surface area contributed by atoms with Gasteiger partial charge in [-0.1, -0.05) is 0 Å². The Bertz CT molecular complexity index is 528. The van der Waals surface area contributed by atoms with Crippen LogP contribution in [0.4, 0.5) is 5.95 Å². The number of anilines is 1. The highest BCUT2D eigenvalue weighted by Crippen LogP contribution is 2.25. The first-order chi connectivity index (χ1) is 9.61. The van der Waals surface area contributed by atoms with Crippen LogP contribution < -0.4 is 11.1 Å². The number of fused-ring (bicyclic) bond motifs is 1. The molecule has 0 radical (unpaired) electrons. The molecule has 2 atom stereocenters. The molecule has 2 saturated heterocycles. The SMILES string of the molecule is Nc1ncn(CC(=O)N2CCC3NC(=O)CCC3C2)n1. The Balaban J connectivity index is 1.58. The number of carbonyl (C=O) groups excluding carboxylic acids is 2. The lowest BCUT2D eigenvalue weighted by Crippen LogP contribution is -2.55. The van der Waals surface area contributed by atoms with E-state index < -0.39 is 0 Å². The molecule has 108 valence electrons. The summed E-state index contributed by atoms with van der Waals surface area (Å²) < 4.78 is 1.45. The largest absolute Gasteiger partial charge is 0.367 e. The fourth-order valence-corrected chi connectivity index (χ4v) is 2.96. The maximum absolute atomic E-state index is 12.2. The van der Waals surface area contributed by atoms with Crippen LogP contribution in [0.15, 0.2) is 6.33 Å². The fraction of sp³-hybridized carbons (Fsp3) is 0.667. The number of hydrogen-bond acceptors (Lipinski definition) is 5. The van der Waals surface area contributed by atoms with E-state index in [1.807, 2.05) is 4.90 Å². The van der Waals surface area contributed by atoms with Gasteiger partial charge < -0.3 is 16.0 Å². The maximum atomic E-state index is 12.2. The molecule has 20 heavy (non-hydrogen) atoms. The van der Waals surface area contributed by atoms with Crippen LogP contribution in [-0.4, -0.2) is 50.6 Å². The van der Waals surface area contributed by atoms with E-state index in [4.69, 9.17) is 5.73 Å². The highest BCUT2D eigenvalue weighted by Gasteiger charge is 2.35. The van der Waals surface area contributed by atoms with E-state index in [0.717, 1.165) is 12.8 Å². The van der Waals surface area contributed by atoms with Crippen molar-refractivity contribution >= 4 is 17.8 Å². The summed E-state index contributed by atoms with van der Waals surface area (Å²) in [5.41, 5.74) is 5.43. The van der Waals surface area contributed by atoms with Crippen LogP contribution in [0, 0.1) is 5.92 Å². The van der Waals surface area contributed by atoms with Gasteiger partial charge in [0.25, 0.3) is 0 Å². The van der Waals surface area contributed by atoms with Gasteiger partial charge in [0.15, 0.2) is 0 Å². The Morgan fingerprint density at radius 2 is 2.35 bits per heavy atom. The quantitative estimate of drug-likeness (QED) is 0.721. The number of carbonyl (C=O) groups is 2. The van der Waals surface area contributed by atoms with Crippen molar-refractivity contribution in [1.29, 1.82) is 0 Å². The molecule has 0 saturated carbocycles. The lowest BCUT2D eigenvalue weighted by Gasteiger charge is -2.41. The lowest BCUT2D eigenvalue weighted by molar-refractivity contribution is -0.135. The predicted octanol–water partition coefficient (Wildman–Crippen LogP) is -1.01. The van der Waals surface area contributed by atoms with Crippen molar-refractivity contribution in [1.82, 2.24) is 25.0 Å². The third kappa shape index (κ3) is 2.59. The van der Waals surface area contributed by atoms with E-state index >= 15 is 0 Å². The number of rotatable bonds is 2. The van der Waals surface area contributed by atoms with Gasteiger partial charge in [0, 0.05) is 25.6 Å². The van der Waals surface area contributed by atoms with Crippen molar-refractivity contribution in [3.63, 3.8) is 0 Å². The van der Waals surface area contributed by atoms with E-state index in [-0.39, 0.29) is 30.3 Å². The molecular weight excluding hydrogens is 260 g/mol. The van der Waals surface area contributed by atoms with Gasteiger partial charge in [0.2, 0.25) is 17.8 Å². The van der Waals surface area contributed by atoms with Crippen LogP contribution >= 0.6 is 0 Å². The molecule has 0 aliphatic carbocycles. The van der Waals surface area contributed by atoms with Crippen molar-refractivity contribution in [3.8, 4) is 0 Å². The Labute approximate surface area is 116 Å². The third-order valence-electron chi connectivity index (χ3n) is 4.03. The van der Waals surface area contributed by atoms with Crippen molar-refractivity contribution in [2.75, 3.05) is 18.8 Å². The smallest absolute Gasteiger partial charge is 0.244 e. The normalized spacial score (nSPS) is 26.0. The molecule has 0 aromatic carbocycles. The monoisotopic (exact) mass is 278 g/mol. The summed E-state index contributed by atoms with van der Waals surface area (Å²) in [5.74, 6) is 0.687. The number of piperidine rings is 2. The van der Waals surface area contributed by atoms with Gasteiger partial charge in [0.05, 0.1) is 0 Å². The lowest BCUT2D eigenvalue weighted by atomic mass is 9.85. The predicted molar refractivity (Wildman–Crippen MR) is 70.3 cm³/mol. The molecule has 3 heterocycles. The fourth-order valence-electron chi connectivity index (χ4n) is 2.96. The molecule has 1 aromatic heterocycles. The van der Waals surface area contributed by atoms with Gasteiger partial charge in [-0.25, -0.2) is 9.67 Å². The van der Waals surface area contributed by atoms with Gasteiger partial charge in [-0.3, -0.25) is 9.59 Å². The molecule has 2 fully saturated rings. The Hall–Kier alpha value is -2.12. The van der Waals surface area contributed by atoms with E-state index in [1.54, 1.807) is 0 Å². The third-order valence-corrected chi connectivity index (χ3v) is 4.03. The van der Waals surface area contributed by atoms with Crippen LogP contribution in [-0.2, 0) is 16.1 Å². The van der Waals surface area contributed by atoms with Crippen LogP contribution in [0.25, 0.3) is 0 Å². The molecule has 0 bridgehead atoms. The molecule has 1 aromatic rings. The average molecular weight is 278 g/mol. The zero-order valence-electron chi connectivity index (χ0n) is 11.2. The summed E-state index contributed by atoms with van der Waals surface area (Å²) in [7, 11) is 0. The summed E-state index contributed by atoms with van der Waals surface area (Å²) in [6.45, 7) is 1.53. The zero-order chi connectivity index (χ0) is 14.1. The van der Waals surface area contributed by atoms with E-state index in [1.165, 1.54) is 11.0 Å². The maximum Gasteiger partial charge on any atom is 0.244 e. The van der Waals surface area contributed by atoms with Gasteiger partial charge in [-0.05, 0) is 18.8 Å². The van der Waals surface area contributed by atoms with Crippen LogP contribution in [0.3, 0.4) is 0 Å². The van der Waals surface area contributed by atoms with Crippen molar-refractivity contribution in [2.45, 2.75) is 31.8 Å². The van der Waals surface area contributed by atoms with E-state index in [2.05, 4.69) is 15.4 Å². The first-order valence-corrected chi connectivity index (χ1v) is 6.84. The Morgan fingerprint density at radius 3 is 3.10 bits per heavy atom. The molecule has 8 heteroatoms. The second-order valence-corrected chi connectivity index (χ2v) is 5.40. The standard InChI is InChI=1S/C12H18N6O2/c13-12-14-7-18(16-12)6-11(20)17-4-3-9-8(5-17)1-2-10(19)15-9/h7-9H,1-6H2,(H2,13,16)(H,15,19). The molecule has 2 amide bonds. The molecule has 0 spiro atoms. The van der Waals surface area contributed by atoms with Crippen LogP contribution in [0.2, 0.25) is 0 Å². The van der Waals surface area contributed by atoms with Crippen molar-refractivity contribution in [2.24, 2.45) is 5.92 Å². The number of nitrogen functional groups attached to an aromatic ring is 1. The average Bonchev–Trinajstić information content (AvgIpc) is 2.83. The molecule has 2 aliphatic rings. The minimum atomic E-state index is 0.0188. The molecule has 3 N–H and O–H groups in total. The summed E-state index contributed by atoms with van der Waals surface area (Å²) >= 11 is 0. The first kappa shape index (κ1) is 12.9. The number of nitrogens with one attached hydrogen (secondary N) is 1. The Morgan fingerprint density at radius 1 is 1.50 bits per heavy atom. The summed E-state index contributed by atoms with van der Waals surface area (Å²) in [5, 5.41) is 6.93. The minimum absolute atomic E-state index is 0.0188. The minimum Gasteiger partial charge on any atom is -0.367 e. The van der Waals surface area contributed by atoms with Gasteiger partial charge in [-0.15, -0.1) is 5.10 Å². The molecular formula is C12H18N6O2. The summed E-state index contributed by atoms with van der Waals surface area (Å²) in [6, 6.07) is 0.224. The number of amides is 2. The van der Waals surface area contributed by atoms with Crippen LogP contribution in [0.1, 0.15) is 19.3 Å². The topological polar surface area (TPSA) is 106 Å². The number of hydrogen-bond donors (Lipinski definition) is 2. The summed E-state index contributed by atoms with van der Waals surface area (Å²) in [4.78, 5) is 29.2. The number of aromatic nitrogens is 3. The highest BCUT2D eigenvalue weighted by atomic mass is 16.2. The second-order valence-electron chi connectivity index (χ2n) is 5.40. The van der Waals surface area contributed by atoms with E-state index in [9.17, 15) is 9.59 Å².